The molecule has 0 aromatic carbocycles. The standard InChI is InChI=1S/C10H22N2O3S/c1-8-9(5-6-15-8)10(12-11)4-3-7-16(2,13)14/h8-10,12H,3-7,11H2,1-2H3. The lowest BCUT2D eigenvalue weighted by atomic mass is 9.91. The number of sulfone groups is 1. The second-order valence-electron chi connectivity index (χ2n) is 4.57. The van der Waals surface area contributed by atoms with E-state index >= 15 is 0 Å². The van der Waals surface area contributed by atoms with E-state index in [0.717, 1.165) is 19.4 Å². The number of hydrazine groups is 1. The van der Waals surface area contributed by atoms with Gasteiger partial charge in [-0.2, -0.15) is 0 Å². The van der Waals surface area contributed by atoms with Crippen molar-refractivity contribution < 1.29 is 13.2 Å². The molecule has 0 amide bonds. The molecule has 0 radical (unpaired) electrons. The lowest BCUT2D eigenvalue weighted by Crippen LogP contribution is -2.43. The van der Waals surface area contributed by atoms with Crippen LogP contribution >= 0.6 is 0 Å². The second-order valence-corrected chi connectivity index (χ2v) is 6.83. The van der Waals surface area contributed by atoms with Crippen LogP contribution in [0.5, 0.6) is 0 Å². The average Bonchev–Trinajstić information content (AvgIpc) is 2.58. The SMILES string of the molecule is CC1OCCC1C(CCCS(C)(=O)=O)NN. The summed E-state index contributed by atoms with van der Waals surface area (Å²) < 4.78 is 27.5. The summed E-state index contributed by atoms with van der Waals surface area (Å²) in [6.07, 6.45) is 3.90. The van der Waals surface area contributed by atoms with Crippen molar-refractivity contribution in [1.82, 2.24) is 5.43 Å². The van der Waals surface area contributed by atoms with Crippen LogP contribution < -0.4 is 11.3 Å². The topological polar surface area (TPSA) is 81.4 Å². The first-order valence-corrected chi connectivity index (χ1v) is 7.75. The Morgan fingerprint density at radius 2 is 2.25 bits per heavy atom. The van der Waals surface area contributed by atoms with E-state index in [4.69, 9.17) is 10.6 Å². The van der Waals surface area contributed by atoms with Gasteiger partial charge in [0.2, 0.25) is 0 Å². The molecule has 1 aliphatic heterocycles. The van der Waals surface area contributed by atoms with Crippen molar-refractivity contribution in [2.24, 2.45) is 11.8 Å². The van der Waals surface area contributed by atoms with Crippen molar-refractivity contribution in [2.45, 2.75) is 38.3 Å². The van der Waals surface area contributed by atoms with E-state index in [1.165, 1.54) is 6.26 Å². The van der Waals surface area contributed by atoms with E-state index in [1.807, 2.05) is 6.92 Å². The molecule has 3 unspecified atom stereocenters. The number of nitrogens with one attached hydrogen (secondary N) is 1. The molecule has 3 atom stereocenters. The van der Waals surface area contributed by atoms with Crippen LogP contribution in [0.2, 0.25) is 0 Å². The minimum Gasteiger partial charge on any atom is -0.378 e. The van der Waals surface area contributed by atoms with Gasteiger partial charge in [-0.15, -0.1) is 0 Å². The van der Waals surface area contributed by atoms with Crippen molar-refractivity contribution in [2.75, 3.05) is 18.6 Å². The van der Waals surface area contributed by atoms with Crippen molar-refractivity contribution in [3.05, 3.63) is 0 Å². The zero-order chi connectivity index (χ0) is 12.2. The monoisotopic (exact) mass is 250 g/mol. The van der Waals surface area contributed by atoms with E-state index in [2.05, 4.69) is 5.43 Å². The van der Waals surface area contributed by atoms with Crippen LogP contribution in [0.4, 0.5) is 0 Å². The Hall–Kier alpha value is -0.170. The number of rotatable bonds is 6. The first-order valence-electron chi connectivity index (χ1n) is 5.69. The van der Waals surface area contributed by atoms with Crippen LogP contribution in [0.25, 0.3) is 0 Å². The summed E-state index contributed by atoms with van der Waals surface area (Å²) in [6, 6.07) is 0.152. The Kier molecular flexibility index (Phi) is 5.17. The van der Waals surface area contributed by atoms with Crippen molar-refractivity contribution in [3.63, 3.8) is 0 Å². The Morgan fingerprint density at radius 3 is 2.69 bits per heavy atom. The Morgan fingerprint density at radius 1 is 1.56 bits per heavy atom. The van der Waals surface area contributed by atoms with Gasteiger partial charge in [0.15, 0.2) is 0 Å². The van der Waals surface area contributed by atoms with Gasteiger partial charge in [-0.1, -0.05) is 0 Å². The molecule has 1 heterocycles. The first kappa shape index (κ1) is 13.9. The molecular formula is C10H22N2O3S. The summed E-state index contributed by atoms with van der Waals surface area (Å²) in [5.41, 5.74) is 2.79. The maximum Gasteiger partial charge on any atom is 0.147 e. The molecule has 0 spiro atoms. The molecule has 1 rings (SSSR count). The zero-order valence-corrected chi connectivity index (χ0v) is 10.8. The Balaban J connectivity index is 2.37. The van der Waals surface area contributed by atoms with E-state index in [-0.39, 0.29) is 17.9 Å². The molecule has 0 saturated carbocycles. The first-order chi connectivity index (χ1) is 7.44. The number of hydrogen-bond acceptors (Lipinski definition) is 5. The highest BCUT2D eigenvalue weighted by atomic mass is 32.2. The predicted octanol–water partition coefficient (Wildman–Crippen LogP) is 0.0681. The van der Waals surface area contributed by atoms with Gasteiger partial charge in [-0.25, -0.2) is 8.42 Å². The molecule has 0 aliphatic carbocycles. The molecule has 0 aromatic rings. The summed E-state index contributed by atoms with van der Waals surface area (Å²) in [6.45, 7) is 2.81. The van der Waals surface area contributed by atoms with Crippen LogP contribution in [-0.4, -0.2) is 39.2 Å². The fourth-order valence-corrected chi connectivity index (χ4v) is 2.95. The van der Waals surface area contributed by atoms with Crippen LogP contribution in [0, 0.1) is 5.92 Å². The summed E-state index contributed by atoms with van der Waals surface area (Å²) in [5.74, 6) is 6.13. The third kappa shape index (κ3) is 4.37. The van der Waals surface area contributed by atoms with Gasteiger partial charge in [0.05, 0.1) is 6.10 Å². The molecule has 6 heteroatoms. The van der Waals surface area contributed by atoms with Gasteiger partial charge < -0.3 is 4.74 Å². The summed E-state index contributed by atoms with van der Waals surface area (Å²) in [4.78, 5) is 0. The highest BCUT2D eigenvalue weighted by molar-refractivity contribution is 7.90. The van der Waals surface area contributed by atoms with Gasteiger partial charge >= 0.3 is 0 Å². The summed E-state index contributed by atoms with van der Waals surface area (Å²) >= 11 is 0. The van der Waals surface area contributed by atoms with E-state index in [9.17, 15) is 8.42 Å². The second kappa shape index (κ2) is 5.95. The molecule has 5 nitrogen and oxygen atoms in total. The lowest BCUT2D eigenvalue weighted by Gasteiger charge is -2.24. The van der Waals surface area contributed by atoms with Crippen molar-refractivity contribution in [1.29, 1.82) is 0 Å². The largest absolute Gasteiger partial charge is 0.378 e. The number of ether oxygens (including phenoxy) is 1. The quantitative estimate of drug-likeness (QED) is 0.515. The molecule has 1 fully saturated rings. The fraction of sp³-hybridized carbons (Fsp3) is 1.00. The highest BCUT2D eigenvalue weighted by Crippen LogP contribution is 2.25. The highest BCUT2D eigenvalue weighted by Gasteiger charge is 2.30. The van der Waals surface area contributed by atoms with Crippen molar-refractivity contribution in [3.8, 4) is 0 Å². The van der Waals surface area contributed by atoms with Crippen LogP contribution in [0.15, 0.2) is 0 Å². The molecule has 16 heavy (non-hydrogen) atoms. The molecule has 1 aliphatic rings. The fourth-order valence-electron chi connectivity index (χ4n) is 2.26. The lowest BCUT2D eigenvalue weighted by molar-refractivity contribution is 0.0942. The van der Waals surface area contributed by atoms with Crippen molar-refractivity contribution >= 4 is 9.84 Å². The molecule has 0 bridgehead atoms. The van der Waals surface area contributed by atoms with E-state index < -0.39 is 9.84 Å². The molecule has 0 aromatic heterocycles. The number of nitrogens with two attached hydrogens (primary N) is 1. The van der Waals surface area contributed by atoms with Crippen LogP contribution in [-0.2, 0) is 14.6 Å². The smallest absolute Gasteiger partial charge is 0.147 e. The third-order valence-electron chi connectivity index (χ3n) is 3.20. The van der Waals surface area contributed by atoms with E-state index in [0.29, 0.717) is 12.3 Å². The van der Waals surface area contributed by atoms with Gasteiger partial charge in [0.1, 0.15) is 9.84 Å². The molecule has 1 saturated heterocycles. The predicted molar refractivity (Wildman–Crippen MR) is 63.6 cm³/mol. The summed E-state index contributed by atoms with van der Waals surface area (Å²) in [5, 5.41) is 0. The van der Waals surface area contributed by atoms with E-state index in [1.54, 1.807) is 0 Å². The molecular weight excluding hydrogens is 228 g/mol. The summed E-state index contributed by atoms with van der Waals surface area (Å²) in [7, 11) is -2.86. The maximum absolute atomic E-state index is 11.0. The third-order valence-corrected chi connectivity index (χ3v) is 4.23. The van der Waals surface area contributed by atoms with Gasteiger partial charge in [0.25, 0.3) is 0 Å². The minimum absolute atomic E-state index is 0.152. The van der Waals surface area contributed by atoms with Gasteiger partial charge in [0, 0.05) is 30.6 Å². The average molecular weight is 250 g/mol. The van der Waals surface area contributed by atoms with Gasteiger partial charge in [-0.05, 0) is 26.2 Å². The minimum atomic E-state index is -2.86. The van der Waals surface area contributed by atoms with Gasteiger partial charge in [-0.3, -0.25) is 11.3 Å². The normalized spacial score (nSPS) is 28.2. The van der Waals surface area contributed by atoms with Crippen LogP contribution in [0.1, 0.15) is 26.2 Å². The van der Waals surface area contributed by atoms with Crippen LogP contribution in [0.3, 0.4) is 0 Å². The molecule has 3 N–H and O–H groups in total. The Bertz CT molecular complexity index is 305. The Labute approximate surface area is 97.6 Å². The zero-order valence-electron chi connectivity index (χ0n) is 9.98. The maximum atomic E-state index is 11.0. The molecule has 96 valence electrons. The number of hydrogen-bond donors (Lipinski definition) is 2.